The number of anilines is 1. The second-order valence-electron chi connectivity index (χ2n) is 4.52. The monoisotopic (exact) mass is 296 g/mol. The molecule has 8 nitrogen and oxygen atoms in total. The van der Waals surface area contributed by atoms with Gasteiger partial charge in [0, 0.05) is 19.2 Å². The summed E-state index contributed by atoms with van der Waals surface area (Å²) in [6.07, 6.45) is -2.22. The van der Waals surface area contributed by atoms with E-state index in [9.17, 15) is 18.8 Å². The number of hydrogen-bond donors (Lipinski definition) is 1. The third-order valence-electron chi connectivity index (χ3n) is 3.22. The minimum atomic E-state index is -1.32. The molecule has 1 N–H and O–H groups in total. The average molecular weight is 296 g/mol. The van der Waals surface area contributed by atoms with Crippen molar-refractivity contribution >= 4 is 28.8 Å². The van der Waals surface area contributed by atoms with Crippen LogP contribution in [0.4, 0.5) is 14.9 Å². The lowest BCUT2D eigenvalue weighted by Crippen LogP contribution is -2.27. The van der Waals surface area contributed by atoms with Crippen LogP contribution >= 0.6 is 0 Å². The molecular weight excluding hydrogens is 287 g/mol. The van der Waals surface area contributed by atoms with Gasteiger partial charge in [-0.1, -0.05) is 0 Å². The van der Waals surface area contributed by atoms with Gasteiger partial charge in [0.05, 0.1) is 12.2 Å². The Balaban J connectivity index is 2.08. The Kier molecular flexibility index (Phi) is 2.71. The van der Waals surface area contributed by atoms with Crippen molar-refractivity contribution < 1.29 is 28.2 Å². The van der Waals surface area contributed by atoms with Crippen molar-refractivity contribution in [1.29, 1.82) is 0 Å². The molecule has 110 valence electrons. The van der Waals surface area contributed by atoms with Gasteiger partial charge in [0.2, 0.25) is 6.10 Å². The summed E-state index contributed by atoms with van der Waals surface area (Å²) in [6.45, 7) is -0.254. The number of amides is 1. The third kappa shape index (κ3) is 1.93. The molecule has 1 aliphatic heterocycles. The van der Waals surface area contributed by atoms with Gasteiger partial charge in [-0.3, -0.25) is 9.47 Å². The Morgan fingerprint density at radius 2 is 2.14 bits per heavy atom. The quantitative estimate of drug-likeness (QED) is 0.874. The summed E-state index contributed by atoms with van der Waals surface area (Å²) < 4.78 is 24.5. The molecule has 3 rings (SSSR count). The first-order valence-corrected chi connectivity index (χ1v) is 5.88. The normalized spacial score (nSPS) is 18.3. The number of rotatable bonds is 2. The van der Waals surface area contributed by atoms with Crippen LogP contribution in [0.1, 0.15) is 0 Å². The first-order valence-electron chi connectivity index (χ1n) is 5.88. The number of carboxylic acid groups (broad SMARTS) is 1. The molecule has 1 saturated heterocycles. The minimum Gasteiger partial charge on any atom is -0.478 e. The highest BCUT2D eigenvalue weighted by Crippen LogP contribution is 2.27. The van der Waals surface area contributed by atoms with Crippen LogP contribution in [-0.2, 0) is 16.6 Å². The van der Waals surface area contributed by atoms with Crippen molar-refractivity contribution in [2.75, 3.05) is 11.4 Å². The zero-order valence-electron chi connectivity index (χ0n) is 10.7. The highest BCUT2D eigenvalue weighted by Gasteiger charge is 2.37. The van der Waals surface area contributed by atoms with Crippen molar-refractivity contribution in [3.05, 3.63) is 28.5 Å². The highest BCUT2D eigenvalue weighted by molar-refractivity contribution is 5.95. The van der Waals surface area contributed by atoms with Crippen LogP contribution in [0.15, 0.2) is 21.3 Å². The van der Waals surface area contributed by atoms with E-state index < -0.39 is 29.7 Å². The van der Waals surface area contributed by atoms with E-state index >= 15 is 0 Å². The Hall–Kier alpha value is -2.84. The molecule has 9 heteroatoms. The number of fused-ring (bicyclic) bond motifs is 1. The fourth-order valence-corrected chi connectivity index (χ4v) is 2.18. The van der Waals surface area contributed by atoms with Crippen LogP contribution in [0, 0.1) is 5.82 Å². The maximum absolute atomic E-state index is 14.0. The summed E-state index contributed by atoms with van der Waals surface area (Å²) in [6, 6.07) is 2.30. The number of aryl methyl sites for hydroxylation is 1. The summed E-state index contributed by atoms with van der Waals surface area (Å²) in [5.41, 5.74) is -0.0155. The van der Waals surface area contributed by atoms with Gasteiger partial charge in [-0.15, -0.1) is 0 Å². The molecule has 2 aromatic rings. The summed E-state index contributed by atoms with van der Waals surface area (Å²) in [4.78, 5) is 34.8. The van der Waals surface area contributed by atoms with Gasteiger partial charge in [-0.05, 0) is 0 Å². The van der Waals surface area contributed by atoms with E-state index in [2.05, 4.69) is 4.74 Å². The molecule has 0 saturated carbocycles. The van der Waals surface area contributed by atoms with E-state index in [-0.39, 0.29) is 23.3 Å². The molecular formula is C12H9FN2O6. The zero-order valence-corrected chi connectivity index (χ0v) is 10.7. The van der Waals surface area contributed by atoms with Crippen LogP contribution in [0.3, 0.4) is 0 Å². The Labute approximate surface area is 115 Å². The number of benzene rings is 1. The van der Waals surface area contributed by atoms with E-state index in [0.29, 0.717) is 0 Å². The van der Waals surface area contributed by atoms with Crippen LogP contribution in [0.5, 0.6) is 0 Å². The molecule has 0 aliphatic carbocycles. The van der Waals surface area contributed by atoms with Gasteiger partial charge in [0.25, 0.3) is 0 Å². The second-order valence-corrected chi connectivity index (χ2v) is 4.52. The van der Waals surface area contributed by atoms with Gasteiger partial charge in [-0.2, -0.15) is 0 Å². The SMILES string of the molecule is Cn1c(=O)oc2cc(N3C[C@H](C(=O)O)OC3=O)cc(F)c21. The number of carboxylic acids is 1. The van der Waals surface area contributed by atoms with Gasteiger partial charge < -0.3 is 14.3 Å². The zero-order chi connectivity index (χ0) is 15.3. The summed E-state index contributed by atoms with van der Waals surface area (Å²) in [5.74, 6) is -2.80. The summed E-state index contributed by atoms with van der Waals surface area (Å²) in [7, 11) is 1.35. The lowest BCUT2D eigenvalue weighted by atomic mass is 10.2. The third-order valence-corrected chi connectivity index (χ3v) is 3.22. The number of carbonyl (C=O) groups excluding carboxylic acids is 1. The number of aliphatic carboxylic acids is 1. The number of aromatic nitrogens is 1. The van der Waals surface area contributed by atoms with E-state index in [1.54, 1.807) is 0 Å². The minimum absolute atomic E-state index is 0.0360. The first-order chi connectivity index (χ1) is 9.88. The Morgan fingerprint density at radius 1 is 1.43 bits per heavy atom. The fourth-order valence-electron chi connectivity index (χ4n) is 2.18. The largest absolute Gasteiger partial charge is 0.478 e. The molecule has 1 aromatic heterocycles. The number of nitrogens with zero attached hydrogens (tertiary/aromatic N) is 2. The van der Waals surface area contributed by atoms with E-state index in [1.165, 1.54) is 13.1 Å². The van der Waals surface area contributed by atoms with Crippen LogP contribution in [0.2, 0.25) is 0 Å². The number of cyclic esters (lactones) is 1. The maximum atomic E-state index is 14.0. The van der Waals surface area contributed by atoms with Crippen molar-refractivity contribution in [2.24, 2.45) is 7.05 Å². The first kappa shape index (κ1) is 13.2. The van der Waals surface area contributed by atoms with Crippen molar-refractivity contribution in [1.82, 2.24) is 4.57 Å². The average Bonchev–Trinajstić information content (AvgIpc) is 2.91. The molecule has 2 heterocycles. The van der Waals surface area contributed by atoms with Gasteiger partial charge >= 0.3 is 17.8 Å². The smallest absolute Gasteiger partial charge is 0.419 e. The number of carbonyl (C=O) groups is 2. The topological polar surface area (TPSA) is 102 Å². The molecule has 1 aliphatic rings. The van der Waals surface area contributed by atoms with Crippen LogP contribution in [0.25, 0.3) is 11.1 Å². The molecule has 0 radical (unpaired) electrons. The van der Waals surface area contributed by atoms with E-state index in [4.69, 9.17) is 9.52 Å². The standard InChI is InChI=1S/C12H9FN2O6/c1-14-9-6(13)2-5(3-7(9)20-11(14)18)15-4-8(10(16)17)21-12(15)19/h2-3,8H,4H2,1H3,(H,16,17)/t8-/m1/s1. The molecule has 1 fully saturated rings. The molecule has 21 heavy (non-hydrogen) atoms. The molecule has 1 atom stereocenters. The molecule has 1 amide bonds. The fraction of sp³-hybridized carbons (Fsp3) is 0.250. The van der Waals surface area contributed by atoms with Gasteiger partial charge in [0.15, 0.2) is 11.4 Å². The van der Waals surface area contributed by atoms with Crippen molar-refractivity contribution in [3.8, 4) is 0 Å². The Bertz CT molecular complexity index is 823. The molecule has 1 aromatic carbocycles. The lowest BCUT2D eigenvalue weighted by Gasteiger charge is -2.12. The summed E-state index contributed by atoms with van der Waals surface area (Å²) >= 11 is 0. The van der Waals surface area contributed by atoms with Crippen molar-refractivity contribution in [3.63, 3.8) is 0 Å². The number of hydrogen-bond acceptors (Lipinski definition) is 5. The predicted octanol–water partition coefficient (Wildman–Crippen LogP) is 0.680. The van der Waals surface area contributed by atoms with E-state index in [1.807, 2.05) is 0 Å². The highest BCUT2D eigenvalue weighted by atomic mass is 19.1. The number of ether oxygens (including phenoxy) is 1. The van der Waals surface area contributed by atoms with Crippen LogP contribution in [-0.4, -0.2) is 34.4 Å². The number of oxazole rings is 1. The summed E-state index contributed by atoms with van der Waals surface area (Å²) in [5, 5.41) is 8.82. The second kappa shape index (κ2) is 4.33. The molecule has 0 bridgehead atoms. The molecule has 0 spiro atoms. The predicted molar refractivity (Wildman–Crippen MR) is 66.7 cm³/mol. The molecule has 0 unspecified atom stereocenters. The van der Waals surface area contributed by atoms with Gasteiger partial charge in [0.1, 0.15) is 5.52 Å². The van der Waals surface area contributed by atoms with Gasteiger partial charge in [-0.25, -0.2) is 18.8 Å². The maximum Gasteiger partial charge on any atom is 0.419 e. The van der Waals surface area contributed by atoms with Crippen molar-refractivity contribution in [2.45, 2.75) is 6.10 Å². The lowest BCUT2D eigenvalue weighted by molar-refractivity contribution is -0.144. The van der Waals surface area contributed by atoms with E-state index in [0.717, 1.165) is 15.5 Å². The number of halogens is 1. The van der Waals surface area contributed by atoms with Crippen LogP contribution < -0.4 is 10.7 Å². The Morgan fingerprint density at radius 3 is 2.76 bits per heavy atom.